The first-order valence-corrected chi connectivity index (χ1v) is 4.10. The monoisotopic (exact) mass is 203 g/mol. The average molecular weight is 203 g/mol. The van der Waals surface area contributed by atoms with E-state index < -0.39 is 12.7 Å². The average Bonchev–Trinajstić information content (AvgIpc) is 2.01. The third kappa shape index (κ3) is 2.92. The van der Waals surface area contributed by atoms with Gasteiger partial charge >= 0.3 is 6.61 Å². The lowest BCUT2D eigenvalue weighted by molar-refractivity contribution is -0.0530. The number of aromatic nitrogens is 1. The van der Waals surface area contributed by atoms with Crippen molar-refractivity contribution in [1.29, 1.82) is 0 Å². The molecule has 1 N–H and O–H groups in total. The molecule has 1 heterocycles. The van der Waals surface area contributed by atoms with E-state index in [2.05, 4.69) is 9.72 Å². The van der Waals surface area contributed by atoms with Crippen LogP contribution in [0.1, 0.15) is 24.3 Å². The Balaban J connectivity index is 2.95. The lowest BCUT2D eigenvalue weighted by Gasteiger charge is -2.09. The van der Waals surface area contributed by atoms with Gasteiger partial charge < -0.3 is 9.84 Å². The lowest BCUT2D eigenvalue weighted by atomic mass is 10.1. The van der Waals surface area contributed by atoms with Crippen molar-refractivity contribution in [2.75, 3.05) is 0 Å². The number of halogens is 2. The first kappa shape index (κ1) is 10.8. The molecule has 0 aliphatic heterocycles. The number of pyridine rings is 1. The van der Waals surface area contributed by atoms with Gasteiger partial charge in [-0.2, -0.15) is 8.78 Å². The summed E-state index contributed by atoms with van der Waals surface area (Å²) in [6.45, 7) is 0.289. The van der Waals surface area contributed by atoms with Crippen LogP contribution in [0.2, 0.25) is 0 Å². The van der Waals surface area contributed by atoms with Crippen LogP contribution >= 0.6 is 0 Å². The van der Waals surface area contributed by atoms with E-state index in [1.165, 1.54) is 6.07 Å². The summed E-state index contributed by atoms with van der Waals surface area (Å²) < 4.78 is 27.9. The molecule has 0 amide bonds. The zero-order chi connectivity index (χ0) is 10.7. The highest BCUT2D eigenvalue weighted by atomic mass is 19.3. The first-order chi connectivity index (χ1) is 6.49. The summed E-state index contributed by atoms with van der Waals surface area (Å²) in [5.74, 6) is -0.170. The molecular weight excluding hydrogens is 192 g/mol. The predicted octanol–water partition coefficient (Wildman–Crippen LogP) is 2.04. The molecule has 0 bridgehead atoms. The number of ether oxygens (including phenoxy) is 1. The van der Waals surface area contributed by atoms with Crippen molar-refractivity contribution in [2.24, 2.45) is 0 Å². The number of hydrogen-bond donors (Lipinski definition) is 1. The number of aliphatic hydroxyl groups excluding tert-OH is 1. The summed E-state index contributed by atoms with van der Waals surface area (Å²) >= 11 is 0. The third-order valence-electron chi connectivity index (χ3n) is 1.64. The minimum Gasteiger partial charge on any atom is -0.417 e. The van der Waals surface area contributed by atoms with Crippen LogP contribution in [0.15, 0.2) is 12.1 Å². The largest absolute Gasteiger partial charge is 0.417 e. The topological polar surface area (TPSA) is 42.4 Å². The van der Waals surface area contributed by atoms with E-state index in [-0.39, 0.29) is 5.88 Å². The van der Waals surface area contributed by atoms with Crippen LogP contribution < -0.4 is 4.74 Å². The van der Waals surface area contributed by atoms with E-state index in [0.717, 1.165) is 0 Å². The van der Waals surface area contributed by atoms with Gasteiger partial charge in [0, 0.05) is 11.8 Å². The molecule has 0 aromatic carbocycles. The second-order valence-corrected chi connectivity index (χ2v) is 2.93. The Hall–Kier alpha value is -1.23. The van der Waals surface area contributed by atoms with E-state index in [1.54, 1.807) is 19.9 Å². The number of nitrogens with zero attached hydrogens (tertiary/aromatic N) is 1. The second-order valence-electron chi connectivity index (χ2n) is 2.93. The Morgan fingerprint density at radius 2 is 2.07 bits per heavy atom. The molecule has 0 aliphatic rings. The Kier molecular flexibility index (Phi) is 3.35. The molecular formula is C9H11F2NO2. The Bertz CT molecular complexity index is 316. The van der Waals surface area contributed by atoms with Crippen LogP contribution in [0.5, 0.6) is 5.88 Å². The van der Waals surface area contributed by atoms with Crippen molar-refractivity contribution in [2.45, 2.75) is 26.6 Å². The number of aliphatic hydroxyl groups is 1. The highest BCUT2D eigenvalue weighted by Crippen LogP contribution is 2.19. The zero-order valence-corrected chi connectivity index (χ0v) is 7.87. The van der Waals surface area contributed by atoms with E-state index >= 15 is 0 Å². The van der Waals surface area contributed by atoms with Crippen molar-refractivity contribution in [1.82, 2.24) is 4.98 Å². The van der Waals surface area contributed by atoms with Gasteiger partial charge in [-0.25, -0.2) is 4.98 Å². The minimum atomic E-state index is -2.90. The number of alkyl halides is 2. The van der Waals surface area contributed by atoms with Gasteiger partial charge in [-0.1, -0.05) is 0 Å². The van der Waals surface area contributed by atoms with Crippen LogP contribution in [0.25, 0.3) is 0 Å². The van der Waals surface area contributed by atoms with Crippen LogP contribution in [0.3, 0.4) is 0 Å². The lowest BCUT2D eigenvalue weighted by Crippen LogP contribution is -2.05. The molecule has 1 aromatic heterocycles. The number of rotatable bonds is 3. The fraction of sp³-hybridized carbons (Fsp3) is 0.444. The summed E-state index contributed by atoms with van der Waals surface area (Å²) in [6, 6.07) is 2.91. The second kappa shape index (κ2) is 4.32. The zero-order valence-electron chi connectivity index (χ0n) is 7.87. The van der Waals surface area contributed by atoms with Crippen molar-refractivity contribution in [3.8, 4) is 5.88 Å². The summed E-state index contributed by atoms with van der Waals surface area (Å²) in [7, 11) is 0. The molecule has 0 fully saturated rings. The molecule has 1 aromatic rings. The molecule has 78 valence electrons. The molecule has 0 radical (unpaired) electrons. The fourth-order valence-corrected chi connectivity index (χ4v) is 1.06. The maximum atomic E-state index is 11.9. The smallest absolute Gasteiger partial charge is 0.388 e. The highest BCUT2D eigenvalue weighted by molar-refractivity contribution is 5.26. The third-order valence-corrected chi connectivity index (χ3v) is 1.64. The van der Waals surface area contributed by atoms with Gasteiger partial charge in [-0.05, 0) is 25.5 Å². The Morgan fingerprint density at radius 3 is 2.57 bits per heavy atom. The number of aryl methyl sites for hydroxylation is 1. The molecule has 3 nitrogen and oxygen atoms in total. The van der Waals surface area contributed by atoms with Gasteiger partial charge in [0.15, 0.2) is 0 Å². The Labute approximate surface area is 80.3 Å². The van der Waals surface area contributed by atoms with Gasteiger partial charge in [-0.3, -0.25) is 0 Å². The van der Waals surface area contributed by atoms with Crippen LogP contribution in [0, 0.1) is 6.92 Å². The molecule has 0 saturated carbocycles. The van der Waals surface area contributed by atoms with Gasteiger partial charge in [-0.15, -0.1) is 0 Å². The molecule has 14 heavy (non-hydrogen) atoms. The van der Waals surface area contributed by atoms with E-state index in [9.17, 15) is 13.9 Å². The normalized spacial score (nSPS) is 13.0. The predicted molar refractivity (Wildman–Crippen MR) is 46.2 cm³/mol. The van der Waals surface area contributed by atoms with Crippen molar-refractivity contribution < 1.29 is 18.6 Å². The minimum absolute atomic E-state index is 0.170. The molecule has 1 atom stereocenters. The van der Waals surface area contributed by atoms with Crippen molar-refractivity contribution >= 4 is 0 Å². The molecule has 1 rings (SSSR count). The molecule has 1 unspecified atom stereocenters. The first-order valence-electron chi connectivity index (χ1n) is 4.10. The van der Waals surface area contributed by atoms with E-state index in [0.29, 0.717) is 11.3 Å². The highest BCUT2D eigenvalue weighted by Gasteiger charge is 2.09. The Morgan fingerprint density at radius 1 is 1.43 bits per heavy atom. The molecule has 0 spiro atoms. The number of hydrogen-bond acceptors (Lipinski definition) is 3. The van der Waals surface area contributed by atoms with Gasteiger partial charge in [0.05, 0.1) is 6.10 Å². The SMILES string of the molecule is Cc1cc(C(C)O)cc(OC(F)F)n1. The van der Waals surface area contributed by atoms with Gasteiger partial charge in [0.1, 0.15) is 0 Å². The van der Waals surface area contributed by atoms with E-state index in [1.807, 2.05) is 0 Å². The van der Waals surface area contributed by atoms with Crippen molar-refractivity contribution in [3.63, 3.8) is 0 Å². The van der Waals surface area contributed by atoms with Gasteiger partial charge in [0.25, 0.3) is 0 Å². The maximum absolute atomic E-state index is 11.9. The van der Waals surface area contributed by atoms with Crippen LogP contribution in [-0.4, -0.2) is 16.7 Å². The summed E-state index contributed by atoms with van der Waals surface area (Å²) in [4.78, 5) is 3.74. The summed E-state index contributed by atoms with van der Waals surface area (Å²) in [5, 5.41) is 9.24. The van der Waals surface area contributed by atoms with E-state index in [4.69, 9.17) is 0 Å². The van der Waals surface area contributed by atoms with Crippen LogP contribution in [-0.2, 0) is 0 Å². The summed E-state index contributed by atoms with van der Waals surface area (Å²) in [5.41, 5.74) is 1.03. The maximum Gasteiger partial charge on any atom is 0.388 e. The summed E-state index contributed by atoms with van der Waals surface area (Å²) in [6.07, 6.45) is -0.725. The molecule has 5 heteroatoms. The van der Waals surface area contributed by atoms with Gasteiger partial charge in [0.2, 0.25) is 5.88 Å². The molecule has 0 saturated heterocycles. The van der Waals surface area contributed by atoms with Crippen LogP contribution in [0.4, 0.5) is 8.78 Å². The van der Waals surface area contributed by atoms with Crippen molar-refractivity contribution in [3.05, 3.63) is 23.4 Å². The quantitative estimate of drug-likeness (QED) is 0.817. The standard InChI is InChI=1S/C9H11F2NO2/c1-5-3-7(6(2)13)4-8(12-5)14-9(10)11/h3-4,6,9,13H,1-2H3. The molecule has 0 aliphatic carbocycles. The fourth-order valence-electron chi connectivity index (χ4n) is 1.06.